The van der Waals surface area contributed by atoms with Gasteiger partial charge in [-0.05, 0) is 17.0 Å². The van der Waals surface area contributed by atoms with Gasteiger partial charge in [-0.2, -0.15) is 0 Å². The van der Waals surface area contributed by atoms with Crippen molar-refractivity contribution in [2.24, 2.45) is 16.1 Å². The monoisotopic (exact) mass is 240 g/mol. The van der Waals surface area contributed by atoms with E-state index in [0.29, 0.717) is 5.92 Å². The standard InChI is InChI=1S/C9H16N6O2/c1-6(2)3-9-16-7(4-12-14-10)8(17-9)5-13-15-11/h6-9H,3-5H2,1-2H3. The summed E-state index contributed by atoms with van der Waals surface area (Å²) in [4.78, 5) is 5.37. The van der Waals surface area contributed by atoms with Gasteiger partial charge in [0.1, 0.15) is 0 Å². The lowest BCUT2D eigenvalue weighted by Crippen LogP contribution is -2.27. The lowest BCUT2D eigenvalue weighted by Gasteiger charge is -2.11. The van der Waals surface area contributed by atoms with Crippen LogP contribution in [0, 0.1) is 5.92 Å². The fourth-order valence-corrected chi connectivity index (χ4v) is 1.65. The van der Waals surface area contributed by atoms with Crippen molar-refractivity contribution in [2.75, 3.05) is 13.1 Å². The quantitative estimate of drug-likeness (QED) is 0.403. The van der Waals surface area contributed by atoms with E-state index in [-0.39, 0.29) is 31.6 Å². The Morgan fingerprint density at radius 1 is 1.06 bits per heavy atom. The van der Waals surface area contributed by atoms with Crippen LogP contribution in [0.5, 0.6) is 0 Å². The lowest BCUT2D eigenvalue weighted by molar-refractivity contribution is -0.0753. The summed E-state index contributed by atoms with van der Waals surface area (Å²) in [5, 5.41) is 6.93. The van der Waals surface area contributed by atoms with Crippen LogP contribution in [0.3, 0.4) is 0 Å². The largest absolute Gasteiger partial charge is 0.347 e. The van der Waals surface area contributed by atoms with Crippen molar-refractivity contribution in [1.29, 1.82) is 0 Å². The van der Waals surface area contributed by atoms with Crippen molar-refractivity contribution in [1.82, 2.24) is 0 Å². The highest BCUT2D eigenvalue weighted by atomic mass is 16.7. The molecule has 0 amide bonds. The van der Waals surface area contributed by atoms with Gasteiger partial charge in [0.2, 0.25) is 0 Å². The van der Waals surface area contributed by atoms with Crippen molar-refractivity contribution in [3.05, 3.63) is 20.9 Å². The summed E-state index contributed by atoms with van der Waals surface area (Å²) in [6.45, 7) is 4.51. The van der Waals surface area contributed by atoms with Gasteiger partial charge in [0.15, 0.2) is 6.29 Å². The van der Waals surface area contributed by atoms with E-state index in [1.807, 2.05) is 0 Å². The van der Waals surface area contributed by atoms with Gasteiger partial charge in [-0.1, -0.05) is 24.1 Å². The minimum Gasteiger partial charge on any atom is -0.347 e. The van der Waals surface area contributed by atoms with Gasteiger partial charge in [0.05, 0.1) is 25.3 Å². The highest BCUT2D eigenvalue weighted by Crippen LogP contribution is 2.24. The Morgan fingerprint density at radius 2 is 1.53 bits per heavy atom. The molecule has 1 fully saturated rings. The molecule has 94 valence electrons. The van der Waals surface area contributed by atoms with E-state index < -0.39 is 0 Å². The van der Waals surface area contributed by atoms with Crippen LogP contribution in [-0.4, -0.2) is 31.6 Å². The third-order valence-electron chi connectivity index (χ3n) is 2.38. The van der Waals surface area contributed by atoms with Gasteiger partial charge >= 0.3 is 0 Å². The molecule has 1 heterocycles. The molecule has 0 aromatic rings. The van der Waals surface area contributed by atoms with Gasteiger partial charge in [-0.15, -0.1) is 0 Å². The second-order valence-corrected chi connectivity index (χ2v) is 4.24. The van der Waals surface area contributed by atoms with Crippen LogP contribution >= 0.6 is 0 Å². The van der Waals surface area contributed by atoms with Crippen molar-refractivity contribution >= 4 is 0 Å². The van der Waals surface area contributed by atoms with Crippen LogP contribution in [0.1, 0.15) is 20.3 Å². The molecule has 0 spiro atoms. The van der Waals surface area contributed by atoms with E-state index in [1.165, 1.54) is 0 Å². The Hall–Kier alpha value is -1.46. The van der Waals surface area contributed by atoms with Crippen LogP contribution in [-0.2, 0) is 9.47 Å². The third-order valence-corrected chi connectivity index (χ3v) is 2.38. The van der Waals surface area contributed by atoms with E-state index in [9.17, 15) is 0 Å². The zero-order valence-electron chi connectivity index (χ0n) is 9.93. The Kier molecular flexibility index (Phi) is 5.59. The highest BCUT2D eigenvalue weighted by Gasteiger charge is 2.35. The molecular weight excluding hydrogens is 224 g/mol. The minimum atomic E-state index is -0.333. The normalized spacial score (nSPS) is 27.6. The first-order chi connectivity index (χ1) is 8.17. The molecule has 2 atom stereocenters. The molecule has 8 heteroatoms. The average Bonchev–Trinajstić information content (AvgIpc) is 2.64. The third kappa shape index (κ3) is 4.50. The maximum Gasteiger partial charge on any atom is 0.158 e. The fraction of sp³-hybridized carbons (Fsp3) is 1.00. The van der Waals surface area contributed by atoms with Crippen molar-refractivity contribution in [3.8, 4) is 0 Å². The van der Waals surface area contributed by atoms with Crippen molar-refractivity contribution < 1.29 is 9.47 Å². The van der Waals surface area contributed by atoms with Crippen LogP contribution in [0.25, 0.3) is 20.9 Å². The molecule has 1 rings (SSSR count). The molecule has 0 N–H and O–H groups in total. The van der Waals surface area contributed by atoms with Gasteiger partial charge in [-0.25, -0.2) is 0 Å². The zero-order chi connectivity index (χ0) is 12.7. The van der Waals surface area contributed by atoms with E-state index >= 15 is 0 Å². The average molecular weight is 240 g/mol. The Bertz CT molecular complexity index is 306. The molecule has 0 bridgehead atoms. The molecule has 1 aliphatic heterocycles. The SMILES string of the molecule is CC(C)CC1OC(CN=[N+]=[N-])C(CN=[N+]=[N-])O1. The number of hydrogen-bond donors (Lipinski definition) is 0. The molecule has 0 aromatic heterocycles. The van der Waals surface area contributed by atoms with Gasteiger partial charge in [0.25, 0.3) is 0 Å². The molecule has 2 unspecified atom stereocenters. The fourth-order valence-electron chi connectivity index (χ4n) is 1.65. The Morgan fingerprint density at radius 3 is 1.88 bits per heavy atom. The van der Waals surface area contributed by atoms with Gasteiger partial charge < -0.3 is 9.47 Å². The predicted octanol–water partition coefficient (Wildman–Crippen LogP) is 2.76. The van der Waals surface area contributed by atoms with E-state index in [0.717, 1.165) is 6.42 Å². The Labute approximate surface area is 99.1 Å². The first-order valence-electron chi connectivity index (χ1n) is 5.50. The van der Waals surface area contributed by atoms with Gasteiger partial charge in [0, 0.05) is 16.2 Å². The number of nitrogens with zero attached hydrogens (tertiary/aromatic N) is 6. The summed E-state index contributed by atoms with van der Waals surface area (Å²) in [7, 11) is 0. The molecule has 1 saturated heterocycles. The number of hydrogen-bond acceptors (Lipinski definition) is 4. The van der Waals surface area contributed by atoms with Crippen LogP contribution < -0.4 is 0 Å². The first-order valence-corrected chi connectivity index (χ1v) is 5.50. The van der Waals surface area contributed by atoms with Crippen LogP contribution in [0.2, 0.25) is 0 Å². The zero-order valence-corrected chi connectivity index (χ0v) is 9.93. The lowest BCUT2D eigenvalue weighted by atomic mass is 10.1. The molecule has 1 aliphatic rings. The van der Waals surface area contributed by atoms with E-state index in [1.54, 1.807) is 0 Å². The highest BCUT2D eigenvalue weighted by molar-refractivity contribution is 4.82. The molecule has 0 saturated carbocycles. The van der Waals surface area contributed by atoms with Crippen molar-refractivity contribution in [3.63, 3.8) is 0 Å². The van der Waals surface area contributed by atoms with Crippen molar-refractivity contribution in [2.45, 2.75) is 38.8 Å². The second kappa shape index (κ2) is 6.98. The predicted molar refractivity (Wildman–Crippen MR) is 61.0 cm³/mol. The summed E-state index contributed by atoms with van der Waals surface area (Å²) >= 11 is 0. The summed E-state index contributed by atoms with van der Waals surface area (Å²) in [6, 6.07) is 0. The molecule has 0 aliphatic carbocycles. The maximum absolute atomic E-state index is 8.28. The smallest absolute Gasteiger partial charge is 0.158 e. The van der Waals surface area contributed by atoms with Crippen LogP contribution in [0.4, 0.5) is 0 Å². The molecule has 17 heavy (non-hydrogen) atoms. The molecule has 8 nitrogen and oxygen atoms in total. The van der Waals surface area contributed by atoms with E-state index in [4.69, 9.17) is 20.5 Å². The Balaban J connectivity index is 2.57. The number of rotatable bonds is 6. The molecular formula is C9H16N6O2. The molecule has 0 radical (unpaired) electrons. The topological polar surface area (TPSA) is 116 Å². The molecule has 0 aromatic carbocycles. The summed E-state index contributed by atoms with van der Waals surface area (Å²) in [5.74, 6) is 0.443. The minimum absolute atomic E-state index is 0.191. The van der Waals surface area contributed by atoms with E-state index in [2.05, 4.69) is 33.9 Å². The number of ether oxygens (including phenoxy) is 2. The summed E-state index contributed by atoms with van der Waals surface area (Å²) < 4.78 is 11.2. The summed E-state index contributed by atoms with van der Waals surface area (Å²) in [5.41, 5.74) is 16.6. The van der Waals surface area contributed by atoms with Crippen LogP contribution in [0.15, 0.2) is 10.2 Å². The number of azide groups is 2. The first kappa shape index (κ1) is 13.6. The van der Waals surface area contributed by atoms with Gasteiger partial charge in [-0.3, -0.25) is 0 Å². The maximum atomic E-state index is 8.28. The second-order valence-electron chi connectivity index (χ2n) is 4.24. The summed E-state index contributed by atoms with van der Waals surface area (Å²) in [6.07, 6.45) is -0.215.